The Hall–Kier alpha value is 0.426. The van der Waals surface area contributed by atoms with Gasteiger partial charge in [-0.05, 0) is 0 Å². The van der Waals surface area contributed by atoms with E-state index >= 15 is 0 Å². The molecule has 1 radical (unpaired) electrons. The average molecular weight is 198 g/mol. The zero-order valence-corrected chi connectivity index (χ0v) is 6.40. The van der Waals surface area contributed by atoms with E-state index in [-0.39, 0.29) is 41.6 Å². The first-order chi connectivity index (χ1) is 2.50. The Morgan fingerprint density at radius 3 is 2.00 bits per heavy atom. The normalized spacial score (nSPS) is 11.0. The fraction of sp³-hybridized carbons (Fsp3) is 0.333. The molecule has 1 rings (SSSR count). The van der Waals surface area contributed by atoms with Crippen LogP contribution in [0.3, 0.4) is 0 Å². The van der Waals surface area contributed by atoms with Gasteiger partial charge >= 0.3 is 16.8 Å². The van der Waals surface area contributed by atoms with Crippen LogP contribution < -0.4 is 24.8 Å². The third kappa shape index (κ3) is 6.43. The maximum Gasteiger partial charge on any atom is 2.00 e. The van der Waals surface area contributed by atoms with Crippen molar-refractivity contribution in [2.45, 2.75) is 0 Å². The largest absolute Gasteiger partial charge is 2.00 e. The van der Waals surface area contributed by atoms with Gasteiger partial charge < -0.3 is 24.8 Å². The maximum atomic E-state index is 3.74. The zero-order valence-electron chi connectivity index (χ0n) is 3.85. The van der Waals surface area contributed by atoms with Crippen LogP contribution in [0.5, 0.6) is 0 Å². The van der Waals surface area contributed by atoms with E-state index in [1.54, 1.807) is 12.6 Å². The summed E-state index contributed by atoms with van der Waals surface area (Å²) in [6.45, 7) is 0.778. The molecule has 0 saturated heterocycles. The molecular formula is C3H4Cl2CoN2. The minimum atomic E-state index is 0. The molecule has 1 heterocycles. The van der Waals surface area contributed by atoms with E-state index < -0.39 is 0 Å². The molecule has 0 aromatic carbocycles. The molecule has 0 aromatic rings. The first-order valence-electron chi connectivity index (χ1n) is 1.50. The number of aliphatic imine (C=N–C) groups is 2. The van der Waals surface area contributed by atoms with Crippen LogP contribution in [-0.4, -0.2) is 19.1 Å². The SMILES string of the molecule is C1=NC=NC1.[Cl-].[Cl-].[Co+2]. The minimum absolute atomic E-state index is 0. The molecule has 5 heteroatoms. The van der Waals surface area contributed by atoms with Crippen LogP contribution in [-0.2, 0) is 16.8 Å². The van der Waals surface area contributed by atoms with E-state index in [4.69, 9.17) is 0 Å². The predicted octanol–water partition coefficient (Wildman–Crippen LogP) is -5.90. The van der Waals surface area contributed by atoms with E-state index in [9.17, 15) is 0 Å². The summed E-state index contributed by atoms with van der Waals surface area (Å²) >= 11 is 0. The number of halogens is 2. The Kier molecular flexibility index (Phi) is 20.5. The maximum absolute atomic E-state index is 3.74. The van der Waals surface area contributed by atoms with Gasteiger partial charge in [0, 0.05) is 6.21 Å². The van der Waals surface area contributed by atoms with Gasteiger partial charge in [-0.2, -0.15) is 0 Å². The van der Waals surface area contributed by atoms with Gasteiger partial charge in [-0.15, -0.1) is 0 Å². The van der Waals surface area contributed by atoms with E-state index in [0.717, 1.165) is 6.54 Å². The molecular weight excluding hydrogens is 194 g/mol. The molecule has 8 heavy (non-hydrogen) atoms. The molecule has 0 unspecified atom stereocenters. The quantitative estimate of drug-likeness (QED) is 0.370. The van der Waals surface area contributed by atoms with Crippen molar-refractivity contribution in [3.05, 3.63) is 0 Å². The summed E-state index contributed by atoms with van der Waals surface area (Å²) in [6, 6.07) is 0. The van der Waals surface area contributed by atoms with Crippen LogP contribution in [0.1, 0.15) is 0 Å². The van der Waals surface area contributed by atoms with Crippen LogP contribution in [0.4, 0.5) is 0 Å². The molecule has 2 nitrogen and oxygen atoms in total. The van der Waals surface area contributed by atoms with Crippen molar-refractivity contribution in [1.29, 1.82) is 0 Å². The molecule has 1 aliphatic rings. The molecule has 0 fully saturated rings. The number of hydrogen-bond donors (Lipinski definition) is 0. The summed E-state index contributed by atoms with van der Waals surface area (Å²) in [7, 11) is 0. The summed E-state index contributed by atoms with van der Waals surface area (Å²) in [5.74, 6) is 0. The molecule has 0 N–H and O–H groups in total. The molecule has 0 atom stereocenters. The first kappa shape index (κ1) is 15.8. The Bertz CT molecular complexity index is 73.4. The Balaban J connectivity index is -0.0000000833. The molecule has 49 valence electrons. The van der Waals surface area contributed by atoms with E-state index in [1.165, 1.54) is 0 Å². The fourth-order valence-electron chi connectivity index (χ4n) is 0.236. The summed E-state index contributed by atoms with van der Waals surface area (Å²) in [4.78, 5) is 7.40. The monoisotopic (exact) mass is 197 g/mol. The summed E-state index contributed by atoms with van der Waals surface area (Å²) in [5, 5.41) is 0. The third-order valence-electron chi connectivity index (χ3n) is 0.441. The zero-order chi connectivity index (χ0) is 3.54. The third-order valence-corrected chi connectivity index (χ3v) is 0.441. The van der Waals surface area contributed by atoms with Gasteiger partial charge in [0.15, 0.2) is 0 Å². The van der Waals surface area contributed by atoms with Crippen molar-refractivity contribution in [1.82, 2.24) is 0 Å². The van der Waals surface area contributed by atoms with Crippen molar-refractivity contribution in [2.24, 2.45) is 9.98 Å². The van der Waals surface area contributed by atoms with Crippen molar-refractivity contribution in [2.75, 3.05) is 6.54 Å². The second kappa shape index (κ2) is 10.4. The van der Waals surface area contributed by atoms with Crippen LogP contribution >= 0.6 is 0 Å². The molecule has 1 aliphatic heterocycles. The number of hydrogen-bond acceptors (Lipinski definition) is 2. The van der Waals surface area contributed by atoms with Gasteiger partial charge in [-0.3, -0.25) is 4.99 Å². The van der Waals surface area contributed by atoms with Crippen LogP contribution in [0.2, 0.25) is 0 Å². The number of nitrogens with zero attached hydrogens (tertiary/aromatic N) is 2. The minimum Gasteiger partial charge on any atom is -1.00 e. The molecule has 0 saturated carbocycles. The van der Waals surface area contributed by atoms with Gasteiger partial charge in [0.05, 0.1) is 6.54 Å². The molecule has 0 amide bonds. The van der Waals surface area contributed by atoms with Crippen LogP contribution in [0.15, 0.2) is 9.98 Å². The van der Waals surface area contributed by atoms with Gasteiger partial charge in [0.1, 0.15) is 6.34 Å². The van der Waals surface area contributed by atoms with Crippen LogP contribution in [0, 0.1) is 0 Å². The molecule has 0 aromatic heterocycles. The summed E-state index contributed by atoms with van der Waals surface area (Å²) < 4.78 is 0. The second-order valence-electron chi connectivity index (χ2n) is 0.812. The van der Waals surface area contributed by atoms with Gasteiger partial charge in [-0.1, -0.05) is 0 Å². The van der Waals surface area contributed by atoms with Crippen molar-refractivity contribution in [3.8, 4) is 0 Å². The summed E-state index contributed by atoms with van der Waals surface area (Å²) in [5.41, 5.74) is 0. The standard InChI is InChI=1S/C3H4N2.2ClH.Co/c1-2-5-3-4-1;;;/h1,3H,2H2;2*1H;/q;;;+2/p-2. The fourth-order valence-corrected chi connectivity index (χ4v) is 0.236. The van der Waals surface area contributed by atoms with Crippen molar-refractivity contribution < 1.29 is 41.6 Å². The number of rotatable bonds is 0. The Morgan fingerprint density at radius 1 is 1.25 bits per heavy atom. The van der Waals surface area contributed by atoms with Crippen molar-refractivity contribution >= 4 is 12.6 Å². The van der Waals surface area contributed by atoms with Gasteiger partial charge in [0.25, 0.3) is 0 Å². The van der Waals surface area contributed by atoms with E-state index in [2.05, 4.69) is 9.98 Å². The Morgan fingerprint density at radius 2 is 1.88 bits per heavy atom. The first-order valence-corrected chi connectivity index (χ1v) is 1.50. The predicted molar refractivity (Wildman–Crippen MR) is 21.9 cm³/mol. The Labute approximate surface area is 70.9 Å². The van der Waals surface area contributed by atoms with Gasteiger partial charge in [-0.25, -0.2) is 4.99 Å². The van der Waals surface area contributed by atoms with E-state index in [1.807, 2.05) is 0 Å². The smallest absolute Gasteiger partial charge is 1.00 e. The second-order valence-corrected chi connectivity index (χ2v) is 0.812. The topological polar surface area (TPSA) is 24.7 Å². The summed E-state index contributed by atoms with van der Waals surface area (Å²) in [6.07, 6.45) is 3.32. The molecule has 0 spiro atoms. The average Bonchev–Trinajstić information content (AvgIpc) is 1.76. The van der Waals surface area contributed by atoms with E-state index in [0.29, 0.717) is 0 Å². The molecule has 0 aliphatic carbocycles. The molecule has 0 bridgehead atoms. The van der Waals surface area contributed by atoms with Gasteiger partial charge in [0.2, 0.25) is 0 Å². The van der Waals surface area contributed by atoms with Crippen molar-refractivity contribution in [3.63, 3.8) is 0 Å². The van der Waals surface area contributed by atoms with Crippen LogP contribution in [0.25, 0.3) is 0 Å².